The molecule has 4 nitrogen and oxygen atoms in total. The Kier molecular flexibility index (Phi) is 4.20. The van der Waals surface area contributed by atoms with E-state index in [0.717, 1.165) is 11.1 Å². The van der Waals surface area contributed by atoms with Gasteiger partial charge < -0.3 is 0 Å². The Bertz CT molecular complexity index is 2700. The summed E-state index contributed by atoms with van der Waals surface area (Å²) in [5.41, 5.74) is 3.84. The van der Waals surface area contributed by atoms with Crippen LogP contribution in [-0.4, -0.2) is 19.5 Å². The topological polar surface area (TPSA) is 43.6 Å². The van der Waals surface area contributed by atoms with E-state index in [4.69, 9.17) is 27.3 Å². The quantitative estimate of drug-likeness (QED) is 0.211. The maximum absolute atomic E-state index is 9.12. The lowest BCUT2D eigenvalue weighted by Crippen LogP contribution is -2.06. The fraction of sp³-hybridized carbons (Fsp3) is 0. The van der Waals surface area contributed by atoms with Crippen molar-refractivity contribution in [3.8, 4) is 51.0 Å². The third kappa shape index (κ3) is 4.46. The molecule has 0 aliphatic carbocycles. The zero-order chi connectivity index (χ0) is 36.4. The van der Waals surface area contributed by atoms with Gasteiger partial charge in [-0.3, -0.25) is 4.57 Å². The number of hydrogen-bond acceptors (Lipinski definition) is 3. The number of aromatic nitrogens is 4. The largest absolute Gasteiger partial charge is 0.278 e. The van der Waals surface area contributed by atoms with Gasteiger partial charge >= 0.3 is 0 Å². The van der Waals surface area contributed by atoms with E-state index >= 15 is 0 Å². The van der Waals surface area contributed by atoms with Gasteiger partial charge in [0.2, 0.25) is 5.95 Å². The van der Waals surface area contributed by atoms with Crippen molar-refractivity contribution in [2.75, 3.05) is 0 Å². The van der Waals surface area contributed by atoms with E-state index in [1.807, 2.05) is 84.9 Å². The summed E-state index contributed by atoms with van der Waals surface area (Å²) in [6.07, 6.45) is 0. The van der Waals surface area contributed by atoms with Crippen LogP contribution in [0.15, 0.2) is 158 Å². The van der Waals surface area contributed by atoms with Gasteiger partial charge in [0.25, 0.3) is 0 Å². The molecule has 0 amide bonds. The fourth-order valence-corrected chi connectivity index (χ4v) is 5.34. The van der Waals surface area contributed by atoms with Crippen LogP contribution in [0.3, 0.4) is 0 Å². The number of rotatable bonds is 5. The van der Waals surface area contributed by atoms with Crippen molar-refractivity contribution in [2.24, 2.45) is 0 Å². The molecule has 0 radical (unpaired) electrons. The van der Waals surface area contributed by atoms with E-state index in [0.29, 0.717) is 28.3 Å². The smallest absolute Gasteiger partial charge is 0.238 e. The summed E-state index contributed by atoms with van der Waals surface area (Å²) in [6.45, 7) is 0. The molecular weight excluding hydrogens is 524 g/mol. The maximum Gasteiger partial charge on any atom is 0.238 e. The molecule has 8 rings (SSSR count). The van der Waals surface area contributed by atoms with Crippen molar-refractivity contribution in [3.05, 3.63) is 158 Å². The van der Waals surface area contributed by atoms with Crippen LogP contribution in [0, 0.1) is 0 Å². The normalized spacial score (nSPS) is 14.2. The van der Waals surface area contributed by atoms with Crippen LogP contribution in [0.2, 0.25) is 0 Å². The molecule has 6 aromatic carbocycles. The highest BCUT2D eigenvalue weighted by molar-refractivity contribution is 6.15. The standard InChI is InChI=1S/C39H26N4/c1-4-14-27(15-5-1)30-20-12-21-31(26-30)38-40-37(29-18-8-3-9-19-29)41-39(42-38)43-34-24-11-10-22-33(34)36-32(23-13-25-35(36)43)28-16-6-2-7-17-28/h1-26H/i2D,6D,7D,10D,11D,16D,17D,22D,24D. The molecule has 0 aliphatic heterocycles. The SMILES string of the molecule is [2H]c1c([2H])c([2H])c(-c2cccc3c2c2c([2H])c([2H])c([2H])c([2H])c2n3-c2nc(-c3ccccc3)nc(-c3cccc(-c4ccccc4)c3)n2)c([2H])c1[2H]. The molecule has 0 bridgehead atoms. The molecule has 0 N–H and O–H groups in total. The first kappa shape index (κ1) is 17.2. The summed E-state index contributed by atoms with van der Waals surface area (Å²) < 4.78 is 79.3. The third-order valence-electron chi connectivity index (χ3n) is 7.28. The highest BCUT2D eigenvalue weighted by Crippen LogP contribution is 2.38. The van der Waals surface area contributed by atoms with Gasteiger partial charge in [0, 0.05) is 21.9 Å². The Morgan fingerprint density at radius 1 is 0.465 bits per heavy atom. The van der Waals surface area contributed by atoms with Crippen LogP contribution in [0.25, 0.3) is 72.8 Å². The van der Waals surface area contributed by atoms with E-state index in [-0.39, 0.29) is 45.4 Å². The van der Waals surface area contributed by atoms with Crippen LogP contribution in [0.1, 0.15) is 12.3 Å². The lowest BCUT2D eigenvalue weighted by atomic mass is 9.99. The fourth-order valence-electron chi connectivity index (χ4n) is 5.34. The molecule has 0 saturated carbocycles. The number of nitrogens with zero attached hydrogens (tertiary/aromatic N) is 4. The minimum Gasteiger partial charge on any atom is -0.278 e. The number of benzene rings is 6. The van der Waals surface area contributed by atoms with Crippen LogP contribution in [0.5, 0.6) is 0 Å². The molecule has 0 fully saturated rings. The van der Waals surface area contributed by atoms with E-state index in [2.05, 4.69) is 0 Å². The van der Waals surface area contributed by atoms with Crippen LogP contribution in [0.4, 0.5) is 0 Å². The number of fused-ring (bicyclic) bond motifs is 3. The van der Waals surface area contributed by atoms with Crippen molar-refractivity contribution in [2.45, 2.75) is 0 Å². The Labute approximate surface area is 262 Å². The number of para-hydroxylation sites is 1. The maximum atomic E-state index is 9.12. The van der Waals surface area contributed by atoms with E-state index < -0.39 is 42.3 Å². The molecule has 0 atom stereocenters. The second-order valence-electron chi connectivity index (χ2n) is 9.85. The van der Waals surface area contributed by atoms with Gasteiger partial charge in [-0.25, -0.2) is 4.98 Å². The van der Waals surface area contributed by atoms with Crippen LogP contribution < -0.4 is 0 Å². The molecule has 0 aliphatic rings. The van der Waals surface area contributed by atoms with Gasteiger partial charge in [-0.05, 0) is 40.4 Å². The van der Waals surface area contributed by atoms with Gasteiger partial charge in [0.05, 0.1) is 23.4 Å². The van der Waals surface area contributed by atoms with Crippen molar-refractivity contribution in [3.63, 3.8) is 0 Å². The van der Waals surface area contributed by atoms with Gasteiger partial charge in [0.1, 0.15) is 0 Å². The summed E-state index contributed by atoms with van der Waals surface area (Å²) in [6, 6.07) is 27.7. The first-order chi connectivity index (χ1) is 25.1. The molecule has 0 saturated heterocycles. The van der Waals surface area contributed by atoms with Gasteiger partial charge in [-0.15, -0.1) is 0 Å². The van der Waals surface area contributed by atoms with Gasteiger partial charge in [-0.1, -0.05) is 139 Å². The van der Waals surface area contributed by atoms with E-state index in [1.54, 1.807) is 22.8 Å². The Balaban J connectivity index is 1.50. The Morgan fingerprint density at radius 3 is 1.88 bits per heavy atom. The van der Waals surface area contributed by atoms with Crippen molar-refractivity contribution < 1.29 is 12.3 Å². The highest BCUT2D eigenvalue weighted by Gasteiger charge is 2.19. The predicted molar refractivity (Wildman–Crippen MR) is 176 cm³/mol. The monoisotopic (exact) mass is 559 g/mol. The molecule has 43 heavy (non-hydrogen) atoms. The molecule has 2 aromatic heterocycles. The minimum absolute atomic E-state index is 0.0648. The van der Waals surface area contributed by atoms with Crippen molar-refractivity contribution in [1.82, 2.24) is 19.5 Å². The summed E-state index contributed by atoms with van der Waals surface area (Å²) in [5, 5.41) is 0.357. The Hall–Kier alpha value is -5.87. The second kappa shape index (κ2) is 10.5. The molecular formula is C39H26N4. The zero-order valence-corrected chi connectivity index (χ0v) is 22.6. The predicted octanol–water partition coefficient (Wildman–Crippen LogP) is 9.64. The average molecular weight is 560 g/mol. The molecule has 2 heterocycles. The van der Waals surface area contributed by atoms with Crippen LogP contribution in [-0.2, 0) is 0 Å². The van der Waals surface area contributed by atoms with Crippen molar-refractivity contribution in [1.29, 1.82) is 0 Å². The van der Waals surface area contributed by atoms with Crippen LogP contribution >= 0.6 is 0 Å². The first-order valence-electron chi connectivity index (χ1n) is 18.1. The molecule has 0 unspecified atom stereocenters. The van der Waals surface area contributed by atoms with Gasteiger partial charge in [-0.2, -0.15) is 9.97 Å². The number of hydrogen-bond donors (Lipinski definition) is 0. The summed E-state index contributed by atoms with van der Waals surface area (Å²) >= 11 is 0. The van der Waals surface area contributed by atoms with Crippen molar-refractivity contribution >= 4 is 21.8 Å². The third-order valence-corrected chi connectivity index (χ3v) is 7.28. The molecule has 0 spiro atoms. The molecule has 8 aromatic rings. The summed E-state index contributed by atoms with van der Waals surface area (Å²) in [4.78, 5) is 14.7. The first-order valence-corrected chi connectivity index (χ1v) is 13.6. The molecule has 202 valence electrons. The minimum atomic E-state index is -0.544. The van der Waals surface area contributed by atoms with E-state index in [9.17, 15) is 0 Å². The molecule has 4 heteroatoms. The second-order valence-corrected chi connectivity index (χ2v) is 9.85. The average Bonchev–Trinajstić information content (AvgIpc) is 3.54. The zero-order valence-electron chi connectivity index (χ0n) is 31.6. The summed E-state index contributed by atoms with van der Waals surface area (Å²) in [7, 11) is 0. The summed E-state index contributed by atoms with van der Waals surface area (Å²) in [5.74, 6) is 0.708. The van der Waals surface area contributed by atoms with Gasteiger partial charge in [0.15, 0.2) is 11.6 Å². The highest BCUT2D eigenvalue weighted by atomic mass is 15.2. The lowest BCUT2D eigenvalue weighted by Gasteiger charge is -2.12. The lowest BCUT2D eigenvalue weighted by molar-refractivity contribution is 0.953. The Morgan fingerprint density at radius 2 is 1.09 bits per heavy atom. The van der Waals surface area contributed by atoms with E-state index in [1.165, 1.54) is 0 Å².